The van der Waals surface area contributed by atoms with Gasteiger partial charge >= 0.3 is 0 Å². The van der Waals surface area contributed by atoms with Crippen molar-refractivity contribution in [2.75, 3.05) is 37.6 Å². The maximum Gasteiger partial charge on any atom is 0.234 e. The van der Waals surface area contributed by atoms with Crippen molar-refractivity contribution < 1.29 is 14.0 Å². The molecule has 0 radical (unpaired) electrons. The van der Waals surface area contributed by atoms with Crippen LogP contribution in [0.5, 0.6) is 0 Å². The molecule has 1 fully saturated rings. The third kappa shape index (κ3) is 4.95. The molecule has 6 heteroatoms. The van der Waals surface area contributed by atoms with Crippen LogP contribution < -0.4 is 10.2 Å². The molecule has 1 amide bonds. The summed E-state index contributed by atoms with van der Waals surface area (Å²) < 4.78 is 14.3. The van der Waals surface area contributed by atoms with Crippen LogP contribution in [0.2, 0.25) is 0 Å². The molecular weight excluding hydrogens is 357 g/mol. The molecule has 1 aliphatic heterocycles. The Morgan fingerprint density at radius 2 is 1.79 bits per heavy atom. The zero-order valence-electron chi connectivity index (χ0n) is 16.4. The van der Waals surface area contributed by atoms with Gasteiger partial charge in [-0.25, -0.2) is 4.39 Å². The number of piperazine rings is 1. The van der Waals surface area contributed by atoms with Crippen LogP contribution in [0.15, 0.2) is 42.5 Å². The highest BCUT2D eigenvalue weighted by molar-refractivity contribution is 5.94. The molecule has 1 heterocycles. The minimum atomic E-state index is -0.378. The summed E-state index contributed by atoms with van der Waals surface area (Å²) in [4.78, 5) is 27.6. The summed E-state index contributed by atoms with van der Waals surface area (Å²) in [6.07, 6.45) is 0. The molecule has 0 bridgehead atoms. The Hall–Kier alpha value is -2.73. The normalized spacial score (nSPS) is 14.8. The highest BCUT2D eigenvalue weighted by Crippen LogP contribution is 2.22. The highest BCUT2D eigenvalue weighted by Gasteiger charge is 2.21. The van der Waals surface area contributed by atoms with Crippen molar-refractivity contribution >= 4 is 17.4 Å². The second kappa shape index (κ2) is 8.97. The van der Waals surface area contributed by atoms with Crippen LogP contribution in [-0.2, 0) is 11.3 Å². The quantitative estimate of drug-likeness (QED) is 0.780. The molecule has 2 aromatic rings. The molecule has 3 rings (SSSR count). The Labute approximate surface area is 165 Å². The second-order valence-electron chi connectivity index (χ2n) is 7.19. The number of ketones is 1. The van der Waals surface area contributed by atoms with Gasteiger partial charge in [0.25, 0.3) is 0 Å². The average molecular weight is 383 g/mol. The largest absolute Gasteiger partial charge is 0.367 e. The first-order valence-corrected chi connectivity index (χ1v) is 9.53. The molecule has 1 saturated heterocycles. The zero-order chi connectivity index (χ0) is 20.1. The van der Waals surface area contributed by atoms with Crippen molar-refractivity contribution in [2.45, 2.75) is 20.4 Å². The van der Waals surface area contributed by atoms with Crippen LogP contribution in [0.3, 0.4) is 0 Å². The fraction of sp³-hybridized carbons (Fsp3) is 0.364. The van der Waals surface area contributed by atoms with E-state index in [1.54, 1.807) is 12.1 Å². The maximum atomic E-state index is 14.3. The fourth-order valence-electron chi connectivity index (χ4n) is 3.39. The van der Waals surface area contributed by atoms with Gasteiger partial charge in [-0.2, -0.15) is 0 Å². The first-order chi connectivity index (χ1) is 13.4. The monoisotopic (exact) mass is 383 g/mol. The molecule has 1 N–H and O–H groups in total. The average Bonchev–Trinajstić information content (AvgIpc) is 2.68. The zero-order valence-corrected chi connectivity index (χ0v) is 16.4. The van der Waals surface area contributed by atoms with Gasteiger partial charge in [0.1, 0.15) is 5.82 Å². The number of benzene rings is 2. The van der Waals surface area contributed by atoms with Gasteiger partial charge in [0.05, 0.1) is 12.2 Å². The van der Waals surface area contributed by atoms with Crippen molar-refractivity contribution in [1.82, 2.24) is 10.2 Å². The Bertz CT molecular complexity index is 861. The Balaban J connectivity index is 1.48. The van der Waals surface area contributed by atoms with E-state index in [-0.39, 0.29) is 17.5 Å². The lowest BCUT2D eigenvalue weighted by atomic mass is 10.1. The predicted octanol–water partition coefficient (Wildman–Crippen LogP) is 2.78. The Morgan fingerprint density at radius 1 is 1.07 bits per heavy atom. The van der Waals surface area contributed by atoms with Crippen molar-refractivity contribution in [2.24, 2.45) is 0 Å². The van der Waals surface area contributed by atoms with Crippen LogP contribution >= 0.6 is 0 Å². The lowest BCUT2D eigenvalue weighted by Crippen LogP contribution is -2.49. The first kappa shape index (κ1) is 20.0. The molecule has 5 nitrogen and oxygen atoms in total. The van der Waals surface area contributed by atoms with Gasteiger partial charge in [-0.05, 0) is 43.2 Å². The van der Waals surface area contributed by atoms with Crippen LogP contribution in [-0.4, -0.2) is 49.3 Å². The number of nitrogens with zero attached hydrogens (tertiary/aromatic N) is 2. The summed E-state index contributed by atoms with van der Waals surface area (Å²) in [5, 5.41) is 2.97. The number of aryl methyl sites for hydroxylation is 1. The van der Waals surface area contributed by atoms with Gasteiger partial charge in [-0.1, -0.05) is 24.3 Å². The number of halogens is 1. The molecule has 0 unspecified atom stereocenters. The summed E-state index contributed by atoms with van der Waals surface area (Å²) in [6, 6.07) is 12.6. The summed E-state index contributed by atoms with van der Waals surface area (Å²) in [7, 11) is 0. The lowest BCUT2D eigenvalue weighted by Gasteiger charge is -2.35. The molecule has 2 aromatic carbocycles. The van der Waals surface area contributed by atoms with Crippen LogP contribution in [0.1, 0.15) is 28.4 Å². The number of Topliss-reactive ketones (excluding diaryl/α,β-unsaturated/α-hetero) is 1. The topological polar surface area (TPSA) is 52.7 Å². The smallest absolute Gasteiger partial charge is 0.234 e. The summed E-state index contributed by atoms with van der Waals surface area (Å²) in [5.41, 5.74) is 3.17. The van der Waals surface area contributed by atoms with E-state index in [1.165, 1.54) is 13.0 Å². The number of hydrogen-bond acceptors (Lipinski definition) is 4. The summed E-state index contributed by atoms with van der Waals surface area (Å²) in [6.45, 7) is 6.98. The summed E-state index contributed by atoms with van der Waals surface area (Å²) in [5.74, 6) is -0.530. The SMILES string of the molecule is CC(=O)c1ccc(N2CCN(CC(=O)NCc3ccccc3C)CC2)c(F)c1. The molecule has 0 saturated carbocycles. The van der Waals surface area contributed by atoms with E-state index in [1.807, 2.05) is 36.1 Å². The number of carbonyl (C=O) groups is 2. The minimum Gasteiger partial charge on any atom is -0.367 e. The van der Waals surface area contributed by atoms with Crippen molar-refractivity contribution in [3.8, 4) is 0 Å². The standard InChI is InChI=1S/C22H26FN3O2/c1-16-5-3-4-6-19(16)14-24-22(28)15-25-9-11-26(12-10-25)21-8-7-18(17(2)27)13-20(21)23/h3-8,13H,9-12,14-15H2,1-2H3,(H,24,28). The van der Waals surface area contributed by atoms with E-state index in [0.717, 1.165) is 11.1 Å². The van der Waals surface area contributed by atoms with Gasteiger partial charge in [0.2, 0.25) is 5.91 Å². The minimum absolute atomic E-state index is 0.00584. The molecule has 148 valence electrons. The van der Waals surface area contributed by atoms with Crippen LogP contribution in [0, 0.1) is 12.7 Å². The lowest BCUT2D eigenvalue weighted by molar-refractivity contribution is -0.122. The van der Waals surface area contributed by atoms with E-state index in [0.29, 0.717) is 50.5 Å². The molecule has 0 aliphatic carbocycles. The molecule has 0 aromatic heterocycles. The first-order valence-electron chi connectivity index (χ1n) is 9.53. The van der Waals surface area contributed by atoms with Gasteiger partial charge in [-0.15, -0.1) is 0 Å². The molecule has 1 aliphatic rings. The van der Waals surface area contributed by atoms with Crippen LogP contribution in [0.4, 0.5) is 10.1 Å². The third-order valence-electron chi connectivity index (χ3n) is 5.17. The number of rotatable bonds is 6. The van der Waals surface area contributed by atoms with E-state index in [9.17, 15) is 14.0 Å². The van der Waals surface area contributed by atoms with Gasteiger partial charge < -0.3 is 10.2 Å². The summed E-state index contributed by atoms with van der Waals surface area (Å²) >= 11 is 0. The fourth-order valence-corrected chi connectivity index (χ4v) is 3.39. The van der Waals surface area contributed by atoms with Gasteiger partial charge in [-0.3, -0.25) is 14.5 Å². The molecule has 28 heavy (non-hydrogen) atoms. The number of nitrogens with one attached hydrogen (secondary N) is 1. The van der Waals surface area contributed by atoms with Crippen molar-refractivity contribution in [1.29, 1.82) is 0 Å². The van der Waals surface area contributed by atoms with Crippen molar-refractivity contribution in [3.63, 3.8) is 0 Å². The van der Waals surface area contributed by atoms with Gasteiger partial charge in [0, 0.05) is 38.3 Å². The maximum absolute atomic E-state index is 14.3. The number of hydrogen-bond donors (Lipinski definition) is 1. The van der Waals surface area contributed by atoms with Crippen molar-refractivity contribution in [3.05, 3.63) is 65.0 Å². The Morgan fingerprint density at radius 3 is 2.43 bits per heavy atom. The number of anilines is 1. The van der Waals surface area contributed by atoms with E-state index >= 15 is 0 Å². The molecule has 0 atom stereocenters. The number of amides is 1. The Kier molecular flexibility index (Phi) is 6.41. The molecule has 0 spiro atoms. The molecular formula is C22H26FN3O2. The highest BCUT2D eigenvalue weighted by atomic mass is 19.1. The van der Waals surface area contributed by atoms with E-state index in [4.69, 9.17) is 0 Å². The van der Waals surface area contributed by atoms with Gasteiger partial charge in [0.15, 0.2) is 5.78 Å². The number of carbonyl (C=O) groups excluding carboxylic acids is 2. The van der Waals surface area contributed by atoms with E-state index in [2.05, 4.69) is 10.2 Å². The second-order valence-corrected chi connectivity index (χ2v) is 7.19. The predicted molar refractivity (Wildman–Crippen MR) is 108 cm³/mol. The third-order valence-corrected chi connectivity index (χ3v) is 5.17. The van der Waals surface area contributed by atoms with Crippen LogP contribution in [0.25, 0.3) is 0 Å². The van der Waals surface area contributed by atoms with E-state index < -0.39 is 0 Å².